The van der Waals surface area contributed by atoms with Gasteiger partial charge in [0.15, 0.2) is 0 Å². The van der Waals surface area contributed by atoms with E-state index in [4.69, 9.17) is 0 Å². The molecule has 3 rings (SSSR count). The first kappa shape index (κ1) is 24.1. The summed E-state index contributed by atoms with van der Waals surface area (Å²) >= 11 is 5.04. The van der Waals surface area contributed by atoms with Crippen molar-refractivity contribution in [1.29, 1.82) is 0 Å². The van der Waals surface area contributed by atoms with E-state index < -0.39 is 0 Å². The van der Waals surface area contributed by atoms with Crippen LogP contribution in [-0.2, 0) is 17.9 Å². The number of benzene rings is 2. The average Bonchev–Trinajstić information content (AvgIpc) is 3.18. The lowest BCUT2D eigenvalue weighted by Gasteiger charge is -2.27. The van der Waals surface area contributed by atoms with Crippen LogP contribution in [0.25, 0.3) is 0 Å². The molecule has 168 valence electrons. The predicted octanol–water partition coefficient (Wildman–Crippen LogP) is 6.04. The van der Waals surface area contributed by atoms with E-state index in [1.54, 1.807) is 45.4 Å². The Morgan fingerprint density at radius 1 is 1.00 bits per heavy atom. The van der Waals surface area contributed by atoms with Gasteiger partial charge in [0.25, 0.3) is 5.91 Å². The average molecular weight is 517 g/mol. The molecule has 1 aromatic heterocycles. The fourth-order valence-electron chi connectivity index (χ4n) is 3.39. The fourth-order valence-corrected chi connectivity index (χ4v) is 4.70. The monoisotopic (exact) mass is 516 g/mol. The molecule has 7 heteroatoms. The van der Waals surface area contributed by atoms with Crippen molar-refractivity contribution < 1.29 is 14.0 Å². The van der Waals surface area contributed by atoms with E-state index in [-0.39, 0.29) is 24.2 Å². The summed E-state index contributed by atoms with van der Waals surface area (Å²) in [4.78, 5) is 32.0. The summed E-state index contributed by atoms with van der Waals surface area (Å²) in [6, 6.07) is 17.4. The van der Waals surface area contributed by atoms with Crippen molar-refractivity contribution in [2.75, 3.05) is 13.1 Å². The first-order chi connectivity index (χ1) is 15.4. The van der Waals surface area contributed by atoms with E-state index in [0.29, 0.717) is 25.2 Å². The van der Waals surface area contributed by atoms with E-state index >= 15 is 0 Å². The Balaban J connectivity index is 1.80. The second-order valence-electron chi connectivity index (χ2n) is 7.63. The van der Waals surface area contributed by atoms with Crippen LogP contribution < -0.4 is 0 Å². The molecule has 0 bridgehead atoms. The topological polar surface area (TPSA) is 40.6 Å². The Morgan fingerprint density at radius 2 is 1.75 bits per heavy atom. The van der Waals surface area contributed by atoms with Gasteiger partial charge in [0.1, 0.15) is 12.4 Å². The van der Waals surface area contributed by atoms with Crippen LogP contribution in [0.15, 0.2) is 65.1 Å². The van der Waals surface area contributed by atoms with Gasteiger partial charge in [0, 0.05) is 32.9 Å². The maximum atomic E-state index is 13.4. The quantitative estimate of drug-likeness (QED) is 0.347. The molecule has 2 amide bonds. The molecule has 0 saturated heterocycles. The third-order valence-electron chi connectivity index (χ3n) is 4.96. The Labute approximate surface area is 200 Å². The van der Waals surface area contributed by atoms with Crippen molar-refractivity contribution in [1.82, 2.24) is 9.80 Å². The highest BCUT2D eigenvalue weighted by Crippen LogP contribution is 2.20. The molecular formula is C25H26BrFN2O2S. The van der Waals surface area contributed by atoms with Crippen LogP contribution in [-0.4, -0.2) is 34.7 Å². The molecule has 0 saturated carbocycles. The van der Waals surface area contributed by atoms with Crippen molar-refractivity contribution >= 4 is 39.1 Å². The summed E-state index contributed by atoms with van der Waals surface area (Å²) in [5.74, 6) is -0.623. The SMILES string of the molecule is CCCN(CC(=O)N(Cc1ccc(F)cc1)Cc1ccc(C)s1)C(=O)c1cccc(Br)c1. The number of hydrogen-bond acceptors (Lipinski definition) is 3. The number of hydrogen-bond donors (Lipinski definition) is 0. The Bertz CT molecular complexity index is 1070. The van der Waals surface area contributed by atoms with Gasteiger partial charge in [0.2, 0.25) is 5.91 Å². The van der Waals surface area contributed by atoms with Crippen molar-refractivity contribution in [2.24, 2.45) is 0 Å². The molecule has 0 radical (unpaired) electrons. The number of aryl methyl sites for hydroxylation is 1. The molecule has 3 aromatic rings. The standard InChI is InChI=1S/C25H26BrFN2O2S/c1-3-13-28(25(31)20-5-4-6-21(26)14-20)17-24(30)29(16-23-12-7-18(2)32-23)15-19-8-10-22(27)11-9-19/h4-12,14H,3,13,15-17H2,1-2H3. The van der Waals surface area contributed by atoms with E-state index in [1.165, 1.54) is 17.0 Å². The lowest BCUT2D eigenvalue weighted by molar-refractivity contribution is -0.133. The second-order valence-corrected chi connectivity index (χ2v) is 9.91. The molecule has 0 N–H and O–H groups in total. The van der Waals surface area contributed by atoms with Crippen LogP contribution in [0.2, 0.25) is 0 Å². The summed E-state index contributed by atoms with van der Waals surface area (Å²) in [5.41, 5.74) is 1.38. The van der Waals surface area contributed by atoms with Gasteiger partial charge >= 0.3 is 0 Å². The molecule has 0 unspecified atom stereocenters. The number of amides is 2. The molecule has 0 atom stereocenters. The largest absolute Gasteiger partial charge is 0.332 e. The minimum absolute atomic E-state index is 0.00919. The first-order valence-electron chi connectivity index (χ1n) is 10.5. The molecule has 0 fully saturated rings. The normalized spacial score (nSPS) is 10.8. The summed E-state index contributed by atoms with van der Waals surface area (Å²) in [6.07, 6.45) is 0.745. The lowest BCUT2D eigenvalue weighted by Crippen LogP contribution is -2.42. The van der Waals surface area contributed by atoms with E-state index in [9.17, 15) is 14.0 Å². The van der Waals surface area contributed by atoms with Crippen molar-refractivity contribution in [2.45, 2.75) is 33.4 Å². The zero-order valence-electron chi connectivity index (χ0n) is 18.2. The van der Waals surface area contributed by atoms with Crippen molar-refractivity contribution in [3.8, 4) is 0 Å². The maximum absolute atomic E-state index is 13.4. The second kappa shape index (κ2) is 11.4. The van der Waals surface area contributed by atoms with Crippen LogP contribution in [0.4, 0.5) is 4.39 Å². The van der Waals surface area contributed by atoms with Crippen LogP contribution >= 0.6 is 27.3 Å². The van der Waals surface area contributed by atoms with Gasteiger partial charge in [-0.1, -0.05) is 41.1 Å². The zero-order valence-corrected chi connectivity index (χ0v) is 20.6. The molecule has 0 aliphatic heterocycles. The Kier molecular flexibility index (Phi) is 8.59. The molecular weight excluding hydrogens is 491 g/mol. The van der Waals surface area contributed by atoms with Crippen molar-refractivity contribution in [3.63, 3.8) is 0 Å². The van der Waals surface area contributed by atoms with Crippen LogP contribution in [0, 0.1) is 12.7 Å². The highest BCUT2D eigenvalue weighted by Gasteiger charge is 2.23. The summed E-state index contributed by atoms with van der Waals surface area (Å²) in [6.45, 7) is 5.28. The number of rotatable bonds is 9. The van der Waals surface area contributed by atoms with Gasteiger partial charge in [-0.2, -0.15) is 0 Å². The van der Waals surface area contributed by atoms with Crippen molar-refractivity contribution in [3.05, 3.63) is 91.8 Å². The lowest BCUT2D eigenvalue weighted by atomic mass is 10.2. The minimum atomic E-state index is -0.311. The van der Waals surface area contributed by atoms with Gasteiger partial charge in [-0.25, -0.2) is 4.39 Å². The Morgan fingerprint density at radius 3 is 2.38 bits per heavy atom. The summed E-state index contributed by atoms with van der Waals surface area (Å²) in [5, 5.41) is 0. The van der Waals surface area contributed by atoms with Crippen LogP contribution in [0.1, 0.15) is 39.0 Å². The number of carbonyl (C=O) groups is 2. The maximum Gasteiger partial charge on any atom is 0.254 e. The number of halogens is 2. The van der Waals surface area contributed by atoms with E-state index in [0.717, 1.165) is 21.3 Å². The number of thiophene rings is 1. The third-order valence-corrected chi connectivity index (χ3v) is 6.44. The fraction of sp³-hybridized carbons (Fsp3) is 0.280. The third kappa shape index (κ3) is 6.74. The van der Waals surface area contributed by atoms with E-state index in [1.807, 2.05) is 38.1 Å². The van der Waals surface area contributed by atoms with Gasteiger partial charge in [-0.3, -0.25) is 9.59 Å². The van der Waals surface area contributed by atoms with E-state index in [2.05, 4.69) is 15.9 Å². The molecule has 1 heterocycles. The molecule has 0 aliphatic carbocycles. The Hall–Kier alpha value is -2.51. The molecule has 2 aromatic carbocycles. The highest BCUT2D eigenvalue weighted by molar-refractivity contribution is 9.10. The molecule has 32 heavy (non-hydrogen) atoms. The predicted molar refractivity (Wildman–Crippen MR) is 130 cm³/mol. The smallest absolute Gasteiger partial charge is 0.254 e. The molecule has 0 spiro atoms. The highest BCUT2D eigenvalue weighted by atomic mass is 79.9. The van der Waals surface area contributed by atoms with Gasteiger partial charge in [0.05, 0.1) is 6.54 Å². The zero-order chi connectivity index (χ0) is 23.1. The van der Waals surface area contributed by atoms with Crippen LogP contribution in [0.3, 0.4) is 0 Å². The molecule has 0 aliphatic rings. The van der Waals surface area contributed by atoms with Gasteiger partial charge < -0.3 is 9.80 Å². The van der Waals surface area contributed by atoms with Crippen LogP contribution in [0.5, 0.6) is 0 Å². The summed E-state index contributed by atoms with van der Waals surface area (Å²) < 4.78 is 14.2. The van der Waals surface area contributed by atoms with Gasteiger partial charge in [-0.05, 0) is 61.4 Å². The number of carbonyl (C=O) groups excluding carboxylic acids is 2. The molecule has 4 nitrogen and oxygen atoms in total. The minimum Gasteiger partial charge on any atom is -0.332 e. The summed E-state index contributed by atoms with van der Waals surface area (Å²) in [7, 11) is 0. The van der Waals surface area contributed by atoms with Gasteiger partial charge in [-0.15, -0.1) is 11.3 Å². The number of nitrogens with zero attached hydrogens (tertiary/aromatic N) is 2. The first-order valence-corrected chi connectivity index (χ1v) is 12.1.